The van der Waals surface area contributed by atoms with Crippen LogP contribution in [0.5, 0.6) is 0 Å². The van der Waals surface area contributed by atoms with Crippen molar-refractivity contribution in [1.29, 1.82) is 0 Å². The zero-order chi connectivity index (χ0) is 20.3. The summed E-state index contributed by atoms with van der Waals surface area (Å²) in [6.07, 6.45) is 7.67. The van der Waals surface area contributed by atoms with Crippen LogP contribution in [0.25, 0.3) is 0 Å². The van der Waals surface area contributed by atoms with Crippen molar-refractivity contribution < 1.29 is 19.7 Å². The molecule has 4 aliphatic carbocycles. The molecule has 158 valence electrons. The number of ether oxygens (including phenoxy) is 1. The molecule has 0 aliphatic heterocycles. The minimum atomic E-state index is -0.334. The first-order valence-corrected chi connectivity index (χ1v) is 11.4. The van der Waals surface area contributed by atoms with Crippen LogP contribution in [-0.2, 0) is 9.53 Å². The van der Waals surface area contributed by atoms with Gasteiger partial charge >= 0.3 is 0 Å². The van der Waals surface area contributed by atoms with Gasteiger partial charge in [0.05, 0.1) is 25.4 Å². The minimum Gasteiger partial charge on any atom is -0.394 e. The number of ketones is 1. The largest absolute Gasteiger partial charge is 0.394 e. The maximum atomic E-state index is 12.0. The molecule has 4 rings (SSSR count). The molecule has 0 amide bonds. The van der Waals surface area contributed by atoms with E-state index in [0.717, 1.165) is 25.7 Å². The van der Waals surface area contributed by atoms with Crippen molar-refractivity contribution in [2.45, 2.75) is 78.4 Å². The van der Waals surface area contributed by atoms with E-state index in [-0.39, 0.29) is 47.3 Å². The van der Waals surface area contributed by atoms with Gasteiger partial charge in [0.15, 0.2) is 5.78 Å². The van der Waals surface area contributed by atoms with Gasteiger partial charge in [-0.15, -0.1) is 0 Å². The van der Waals surface area contributed by atoms with Gasteiger partial charge in [-0.1, -0.05) is 26.3 Å². The summed E-state index contributed by atoms with van der Waals surface area (Å²) in [5, 5.41) is 20.8. The van der Waals surface area contributed by atoms with Crippen molar-refractivity contribution in [2.75, 3.05) is 13.2 Å². The van der Waals surface area contributed by atoms with Gasteiger partial charge < -0.3 is 14.9 Å². The van der Waals surface area contributed by atoms with Gasteiger partial charge in [0.2, 0.25) is 0 Å². The topological polar surface area (TPSA) is 66.8 Å². The van der Waals surface area contributed by atoms with Crippen molar-refractivity contribution in [3.8, 4) is 0 Å². The molecule has 3 saturated carbocycles. The molecule has 9 atom stereocenters. The Kier molecular flexibility index (Phi) is 5.29. The first-order chi connectivity index (χ1) is 13.2. The van der Waals surface area contributed by atoms with Gasteiger partial charge in [-0.2, -0.15) is 0 Å². The quantitative estimate of drug-likeness (QED) is 0.767. The highest BCUT2D eigenvalue weighted by Gasteiger charge is 2.65. The number of aliphatic hydroxyl groups excluding tert-OH is 2. The van der Waals surface area contributed by atoms with Crippen LogP contribution < -0.4 is 0 Å². The molecule has 0 aromatic heterocycles. The van der Waals surface area contributed by atoms with Crippen LogP contribution in [-0.4, -0.2) is 41.4 Å². The number of rotatable bonds is 4. The lowest BCUT2D eigenvalue weighted by Gasteiger charge is -2.62. The first-order valence-electron chi connectivity index (χ1n) is 11.4. The van der Waals surface area contributed by atoms with Gasteiger partial charge in [0.1, 0.15) is 0 Å². The van der Waals surface area contributed by atoms with Crippen molar-refractivity contribution >= 4 is 5.78 Å². The lowest BCUT2D eigenvalue weighted by atomic mass is 9.43. The second-order valence-corrected chi connectivity index (χ2v) is 10.5. The number of carbonyl (C=O) groups excluding carboxylic acids is 1. The van der Waals surface area contributed by atoms with E-state index in [1.165, 1.54) is 12.0 Å². The summed E-state index contributed by atoms with van der Waals surface area (Å²) in [5.74, 6) is 2.30. The molecule has 0 aromatic carbocycles. The number of allylic oxidation sites excluding steroid dienone is 1. The average Bonchev–Trinajstić information content (AvgIpc) is 3.02. The molecule has 0 heterocycles. The standard InChI is InChI=1S/C24H38O4/c1-14-22(27)21-18(6-5-16-13-17(26)9-10-23(16,21)3)20-8-7-19(24(14,20)4)15(2)28-12-11-25/h13-15,18-22,25,27H,5-12H2,1-4H3. The van der Waals surface area contributed by atoms with Crippen molar-refractivity contribution in [3.05, 3.63) is 11.6 Å². The Morgan fingerprint density at radius 3 is 2.71 bits per heavy atom. The Bertz CT molecular complexity index is 657. The second-order valence-electron chi connectivity index (χ2n) is 10.5. The van der Waals surface area contributed by atoms with E-state index in [1.807, 2.05) is 6.08 Å². The lowest BCUT2D eigenvalue weighted by molar-refractivity contribution is -0.178. The molecule has 0 bridgehead atoms. The Labute approximate surface area is 169 Å². The van der Waals surface area contributed by atoms with E-state index in [1.54, 1.807) is 0 Å². The maximum Gasteiger partial charge on any atom is 0.155 e. The van der Waals surface area contributed by atoms with E-state index < -0.39 is 0 Å². The fourth-order valence-corrected chi connectivity index (χ4v) is 8.15. The average molecular weight is 391 g/mol. The molecule has 3 fully saturated rings. The maximum absolute atomic E-state index is 12.0. The Morgan fingerprint density at radius 1 is 1.25 bits per heavy atom. The van der Waals surface area contributed by atoms with Crippen LogP contribution in [0, 0.1) is 40.4 Å². The second kappa shape index (κ2) is 7.21. The van der Waals surface area contributed by atoms with Gasteiger partial charge in [0, 0.05) is 6.42 Å². The van der Waals surface area contributed by atoms with Gasteiger partial charge in [0.25, 0.3) is 0 Å². The molecule has 28 heavy (non-hydrogen) atoms. The van der Waals surface area contributed by atoms with Crippen molar-refractivity contribution in [1.82, 2.24) is 0 Å². The fraction of sp³-hybridized carbons (Fsp3) is 0.875. The number of hydrogen-bond acceptors (Lipinski definition) is 4. The van der Waals surface area contributed by atoms with Gasteiger partial charge in [-0.05, 0) is 85.5 Å². The summed E-state index contributed by atoms with van der Waals surface area (Å²) in [6, 6.07) is 0. The first kappa shape index (κ1) is 20.6. The molecule has 4 heteroatoms. The van der Waals surface area contributed by atoms with E-state index in [2.05, 4.69) is 27.7 Å². The predicted molar refractivity (Wildman–Crippen MR) is 109 cm³/mol. The van der Waals surface area contributed by atoms with Crippen LogP contribution in [0.15, 0.2) is 11.6 Å². The molecular weight excluding hydrogens is 352 g/mol. The van der Waals surface area contributed by atoms with E-state index in [9.17, 15) is 9.90 Å². The summed E-state index contributed by atoms with van der Waals surface area (Å²) >= 11 is 0. The summed E-state index contributed by atoms with van der Waals surface area (Å²) in [7, 11) is 0. The number of fused-ring (bicyclic) bond motifs is 5. The third-order valence-electron chi connectivity index (χ3n) is 9.71. The smallest absolute Gasteiger partial charge is 0.155 e. The minimum absolute atomic E-state index is 0.0249. The van der Waals surface area contributed by atoms with E-state index in [0.29, 0.717) is 30.8 Å². The van der Waals surface area contributed by atoms with E-state index >= 15 is 0 Å². The summed E-state index contributed by atoms with van der Waals surface area (Å²) in [5.41, 5.74) is 1.34. The van der Waals surface area contributed by atoms with Crippen LogP contribution in [0.1, 0.15) is 66.2 Å². The normalized spacial score (nSPS) is 49.1. The Morgan fingerprint density at radius 2 is 2.00 bits per heavy atom. The van der Waals surface area contributed by atoms with Crippen molar-refractivity contribution in [2.24, 2.45) is 40.4 Å². The van der Waals surface area contributed by atoms with E-state index in [4.69, 9.17) is 9.84 Å². The third kappa shape index (κ3) is 2.78. The fourth-order valence-electron chi connectivity index (χ4n) is 8.15. The lowest BCUT2D eigenvalue weighted by Crippen LogP contribution is -2.61. The summed E-state index contributed by atoms with van der Waals surface area (Å²) in [6.45, 7) is 9.57. The predicted octanol–water partition coefficient (Wildman–Crippen LogP) is 3.75. The highest BCUT2D eigenvalue weighted by Crippen LogP contribution is 2.68. The monoisotopic (exact) mass is 390 g/mol. The van der Waals surface area contributed by atoms with Gasteiger partial charge in [-0.25, -0.2) is 0 Å². The Balaban J connectivity index is 1.67. The van der Waals surface area contributed by atoms with Crippen LogP contribution in [0.4, 0.5) is 0 Å². The van der Waals surface area contributed by atoms with Crippen LogP contribution in [0.2, 0.25) is 0 Å². The molecule has 0 radical (unpaired) electrons. The van der Waals surface area contributed by atoms with Gasteiger partial charge in [-0.3, -0.25) is 4.79 Å². The third-order valence-corrected chi connectivity index (χ3v) is 9.71. The molecule has 0 spiro atoms. The molecule has 0 saturated heterocycles. The number of aliphatic hydroxyl groups is 2. The summed E-state index contributed by atoms with van der Waals surface area (Å²) in [4.78, 5) is 12.0. The Hall–Kier alpha value is -0.710. The molecular formula is C24H38O4. The molecule has 4 aliphatic rings. The highest BCUT2D eigenvalue weighted by atomic mass is 16.5. The number of carbonyl (C=O) groups is 1. The molecule has 2 N–H and O–H groups in total. The molecule has 4 nitrogen and oxygen atoms in total. The summed E-state index contributed by atoms with van der Waals surface area (Å²) < 4.78 is 5.95. The zero-order valence-corrected chi connectivity index (χ0v) is 18.0. The van der Waals surface area contributed by atoms with Crippen LogP contribution in [0.3, 0.4) is 0 Å². The van der Waals surface area contributed by atoms with Crippen molar-refractivity contribution in [3.63, 3.8) is 0 Å². The zero-order valence-electron chi connectivity index (χ0n) is 18.0. The molecule has 9 unspecified atom stereocenters. The SMILES string of the molecule is CC(OCCO)C1CCC2C3CCC4=CC(=O)CCC4(C)C3C(O)C(C)C12C. The highest BCUT2D eigenvalue weighted by molar-refractivity contribution is 5.91. The number of hydrogen-bond donors (Lipinski definition) is 2. The molecule has 0 aromatic rings. The van der Waals surface area contributed by atoms with Crippen LogP contribution >= 0.6 is 0 Å².